The van der Waals surface area contributed by atoms with E-state index in [1.54, 1.807) is 55.0 Å². The van der Waals surface area contributed by atoms with Gasteiger partial charge in [0.2, 0.25) is 0 Å². The summed E-state index contributed by atoms with van der Waals surface area (Å²) >= 11 is 0. The average molecular weight is 880 g/mol. The molecule has 0 saturated carbocycles. The number of aromatic nitrogens is 3. The maximum Gasteiger partial charge on any atom is 0.123 e. The molecule has 0 N–H and O–H groups in total. The quantitative estimate of drug-likeness (QED) is 0.178. The van der Waals surface area contributed by atoms with Crippen molar-refractivity contribution in [1.29, 1.82) is 0 Å². The van der Waals surface area contributed by atoms with Crippen LogP contribution in [-0.4, -0.2) is 15.0 Å². The van der Waals surface area contributed by atoms with Gasteiger partial charge in [-0.1, -0.05) is 62.3 Å². The Morgan fingerprint density at radius 1 is 0.346 bits per heavy atom. The van der Waals surface area contributed by atoms with Crippen molar-refractivity contribution in [2.45, 2.75) is 78.6 Å². The maximum absolute atomic E-state index is 12.9. The van der Waals surface area contributed by atoms with Gasteiger partial charge in [-0.3, -0.25) is 15.0 Å². The number of nitrogens with zero attached hydrogens (tertiary/aromatic N) is 3. The van der Waals surface area contributed by atoms with Gasteiger partial charge in [0.25, 0.3) is 0 Å². The summed E-state index contributed by atoms with van der Waals surface area (Å²) in [6.45, 7) is 19.5. The van der Waals surface area contributed by atoms with E-state index < -0.39 is 0 Å². The van der Waals surface area contributed by atoms with Crippen molar-refractivity contribution < 1.29 is 33.3 Å². The Balaban J connectivity index is 0.000000208. The predicted molar refractivity (Wildman–Crippen MR) is 205 cm³/mol. The average Bonchev–Trinajstić information content (AvgIpc) is 3.09. The third-order valence-electron chi connectivity index (χ3n) is 8.30. The first kappa shape index (κ1) is 42.0. The topological polar surface area (TPSA) is 38.7 Å². The first-order valence-electron chi connectivity index (χ1n) is 17.1. The van der Waals surface area contributed by atoms with E-state index >= 15 is 0 Å². The van der Waals surface area contributed by atoms with Gasteiger partial charge >= 0.3 is 0 Å². The van der Waals surface area contributed by atoms with E-state index in [0.29, 0.717) is 0 Å². The van der Waals surface area contributed by atoms with Gasteiger partial charge in [0.1, 0.15) is 17.5 Å². The molecular formula is C45H48F3IrN3. The number of halogens is 3. The van der Waals surface area contributed by atoms with Gasteiger partial charge in [-0.25, -0.2) is 13.2 Å². The van der Waals surface area contributed by atoms with Crippen LogP contribution in [0.4, 0.5) is 13.2 Å². The summed E-state index contributed by atoms with van der Waals surface area (Å²) in [5, 5.41) is 0. The molecule has 6 aromatic rings. The van der Waals surface area contributed by atoms with Gasteiger partial charge < -0.3 is 0 Å². The van der Waals surface area contributed by atoms with E-state index in [4.69, 9.17) is 0 Å². The van der Waals surface area contributed by atoms with Gasteiger partial charge in [0.15, 0.2) is 0 Å². The molecule has 0 saturated heterocycles. The zero-order valence-corrected chi connectivity index (χ0v) is 33.8. The molecule has 0 atom stereocenters. The Kier molecular flexibility index (Phi) is 14.4. The smallest absolute Gasteiger partial charge is 0.123 e. The minimum absolute atomic E-state index is 0. The molecule has 3 nitrogen and oxygen atoms in total. The number of pyridine rings is 3. The molecule has 0 aliphatic heterocycles. The van der Waals surface area contributed by atoms with Gasteiger partial charge in [-0.2, -0.15) is 0 Å². The fraction of sp³-hybridized carbons (Fsp3) is 0.267. The van der Waals surface area contributed by atoms with Crippen LogP contribution >= 0.6 is 0 Å². The van der Waals surface area contributed by atoms with E-state index in [9.17, 15) is 13.2 Å². The molecule has 273 valence electrons. The van der Waals surface area contributed by atoms with E-state index in [1.165, 1.54) is 53.1 Å². The van der Waals surface area contributed by atoms with Crippen LogP contribution < -0.4 is 0 Å². The molecular weight excluding hydrogens is 832 g/mol. The summed E-state index contributed by atoms with van der Waals surface area (Å²) in [5.74, 6) is -0.665. The van der Waals surface area contributed by atoms with Gasteiger partial charge in [-0.05, 0) is 142 Å². The van der Waals surface area contributed by atoms with Crippen LogP contribution in [0.2, 0.25) is 0 Å². The molecule has 0 spiro atoms. The summed E-state index contributed by atoms with van der Waals surface area (Å²) in [6.07, 6.45) is 5.41. The van der Waals surface area contributed by atoms with Crippen LogP contribution in [0.3, 0.4) is 0 Å². The van der Waals surface area contributed by atoms with Crippen LogP contribution in [0.25, 0.3) is 33.8 Å². The first-order chi connectivity index (χ1) is 23.9. The number of rotatable bonds is 3. The molecule has 52 heavy (non-hydrogen) atoms. The monoisotopic (exact) mass is 880 g/mol. The standard InChI is InChI=1S/3C15H16FN.Ir/c3*1-15(2,3)12-8-9-17-14(10-12)11-4-6-13(16)7-5-11;/h3*4-10H,1-3H3;. The summed E-state index contributed by atoms with van der Waals surface area (Å²) in [5.41, 5.74) is 9.46. The second-order valence-electron chi connectivity index (χ2n) is 15.6. The fourth-order valence-corrected chi connectivity index (χ4v) is 5.03. The van der Waals surface area contributed by atoms with Gasteiger partial charge in [-0.15, -0.1) is 0 Å². The van der Waals surface area contributed by atoms with Crippen molar-refractivity contribution >= 4 is 0 Å². The number of hydrogen-bond acceptors (Lipinski definition) is 3. The van der Waals surface area contributed by atoms with Crippen LogP contribution in [0.1, 0.15) is 79.0 Å². The molecule has 0 bridgehead atoms. The molecule has 0 amide bonds. The van der Waals surface area contributed by atoms with Crippen LogP contribution in [-0.2, 0) is 36.4 Å². The van der Waals surface area contributed by atoms with Crippen molar-refractivity contribution in [3.63, 3.8) is 0 Å². The Morgan fingerprint density at radius 3 is 0.750 bits per heavy atom. The number of benzene rings is 3. The van der Waals surface area contributed by atoms with Crippen LogP contribution in [0, 0.1) is 17.5 Å². The molecule has 1 radical (unpaired) electrons. The SMILES string of the molecule is CC(C)(C)c1ccnc(-c2ccc(F)cc2)c1.CC(C)(C)c1ccnc(-c2ccc(F)cc2)c1.CC(C)(C)c1ccnc(-c2ccc(F)cc2)c1.[Ir]. The maximum atomic E-state index is 12.9. The Hall–Kier alpha value is -4.45. The van der Waals surface area contributed by atoms with Crippen molar-refractivity contribution in [3.05, 3.63) is 162 Å². The second-order valence-corrected chi connectivity index (χ2v) is 15.6. The third kappa shape index (κ3) is 12.4. The fourth-order valence-electron chi connectivity index (χ4n) is 5.03. The van der Waals surface area contributed by atoms with Crippen LogP contribution in [0.15, 0.2) is 128 Å². The minimum Gasteiger partial charge on any atom is -0.256 e. The van der Waals surface area contributed by atoms with Crippen molar-refractivity contribution in [3.8, 4) is 33.8 Å². The molecule has 0 fully saturated rings. The molecule has 0 unspecified atom stereocenters. The first-order valence-corrected chi connectivity index (χ1v) is 17.1. The minimum atomic E-state index is -0.222. The normalized spacial score (nSPS) is 11.3. The Morgan fingerprint density at radius 2 is 0.558 bits per heavy atom. The summed E-state index contributed by atoms with van der Waals surface area (Å²) in [6, 6.07) is 31.5. The molecule has 3 aromatic heterocycles. The van der Waals surface area contributed by atoms with Gasteiger partial charge in [0.05, 0.1) is 17.1 Å². The largest absolute Gasteiger partial charge is 0.256 e. The zero-order chi connectivity index (χ0) is 37.4. The summed E-state index contributed by atoms with van der Waals surface area (Å²) in [7, 11) is 0. The Bertz CT molecular complexity index is 1770. The van der Waals surface area contributed by atoms with E-state index in [2.05, 4.69) is 95.5 Å². The van der Waals surface area contributed by atoms with Crippen LogP contribution in [0.5, 0.6) is 0 Å². The Labute approximate surface area is 321 Å². The third-order valence-corrected chi connectivity index (χ3v) is 8.30. The molecule has 6 rings (SSSR count). The summed E-state index contributed by atoms with van der Waals surface area (Å²) in [4.78, 5) is 13.0. The van der Waals surface area contributed by atoms with Crippen molar-refractivity contribution in [2.75, 3.05) is 0 Å². The van der Waals surface area contributed by atoms with Crippen molar-refractivity contribution in [2.24, 2.45) is 0 Å². The molecule has 3 heterocycles. The number of hydrogen-bond donors (Lipinski definition) is 0. The van der Waals surface area contributed by atoms with E-state index in [0.717, 1.165) is 33.8 Å². The van der Waals surface area contributed by atoms with Crippen molar-refractivity contribution in [1.82, 2.24) is 15.0 Å². The zero-order valence-electron chi connectivity index (χ0n) is 31.4. The molecule has 0 aliphatic carbocycles. The molecule has 0 aliphatic rings. The van der Waals surface area contributed by atoms with Gasteiger partial charge in [0, 0.05) is 55.4 Å². The predicted octanol–water partition coefficient (Wildman–Crippen LogP) is 12.6. The second kappa shape index (κ2) is 17.9. The van der Waals surface area contributed by atoms with E-state index in [1.807, 2.05) is 18.2 Å². The van der Waals surface area contributed by atoms with E-state index in [-0.39, 0.29) is 53.8 Å². The summed E-state index contributed by atoms with van der Waals surface area (Å²) < 4.78 is 38.6. The molecule has 7 heteroatoms. The molecule has 3 aromatic carbocycles.